The third-order valence-electron chi connectivity index (χ3n) is 1.98. The molecule has 0 aliphatic carbocycles. The van der Waals surface area contributed by atoms with Gasteiger partial charge in [-0.15, -0.1) is 0 Å². The zero-order valence-corrected chi connectivity index (χ0v) is 6.72. The zero-order chi connectivity index (χ0) is 8.27. The topological polar surface area (TPSA) is 46.2 Å². The molecule has 1 unspecified atom stereocenters. The highest BCUT2D eigenvalue weighted by atomic mass is 16.2. The van der Waals surface area contributed by atoms with Crippen molar-refractivity contribution in [3.8, 4) is 0 Å². The second-order valence-electron chi connectivity index (χ2n) is 3.02. The standard InChI is InChI=1S/C8H13NO2/c1-6-5-9-8(11)4-2-3-7(6)10/h6H,2-5H2,1H3,(H,9,11). The van der Waals surface area contributed by atoms with E-state index in [1.807, 2.05) is 6.92 Å². The molecular formula is C8H13NO2. The Morgan fingerprint density at radius 2 is 2.09 bits per heavy atom. The van der Waals surface area contributed by atoms with Crippen LogP contribution in [0, 0.1) is 5.92 Å². The van der Waals surface area contributed by atoms with Crippen LogP contribution in [0.2, 0.25) is 0 Å². The van der Waals surface area contributed by atoms with Crippen molar-refractivity contribution < 1.29 is 9.59 Å². The summed E-state index contributed by atoms with van der Waals surface area (Å²) < 4.78 is 0. The lowest BCUT2D eigenvalue weighted by atomic mass is 9.99. The lowest BCUT2D eigenvalue weighted by molar-refractivity contribution is -0.126. The summed E-state index contributed by atoms with van der Waals surface area (Å²) in [6.45, 7) is 2.37. The largest absolute Gasteiger partial charge is 0.355 e. The first-order chi connectivity index (χ1) is 5.20. The third-order valence-corrected chi connectivity index (χ3v) is 1.98. The van der Waals surface area contributed by atoms with Gasteiger partial charge >= 0.3 is 0 Å². The summed E-state index contributed by atoms with van der Waals surface area (Å²) in [5.74, 6) is 0.341. The number of carbonyl (C=O) groups is 2. The Kier molecular flexibility index (Phi) is 2.63. The molecule has 0 aromatic rings. The van der Waals surface area contributed by atoms with Crippen molar-refractivity contribution in [3.05, 3.63) is 0 Å². The second-order valence-corrected chi connectivity index (χ2v) is 3.02. The minimum atomic E-state index is -0.000694. The third kappa shape index (κ3) is 2.33. The fourth-order valence-corrected chi connectivity index (χ4v) is 1.14. The summed E-state index contributed by atoms with van der Waals surface area (Å²) in [5.41, 5.74) is 0. The number of rotatable bonds is 0. The Balaban J connectivity index is 2.47. The monoisotopic (exact) mass is 155 g/mol. The molecule has 0 spiro atoms. The zero-order valence-electron chi connectivity index (χ0n) is 6.72. The molecular weight excluding hydrogens is 142 g/mol. The number of amides is 1. The number of ketones is 1. The van der Waals surface area contributed by atoms with E-state index in [-0.39, 0.29) is 17.6 Å². The minimum Gasteiger partial charge on any atom is -0.355 e. The predicted octanol–water partition coefficient (Wildman–Crippen LogP) is 0.492. The quantitative estimate of drug-likeness (QED) is 0.553. The molecule has 3 nitrogen and oxygen atoms in total. The molecule has 1 saturated heterocycles. The summed E-state index contributed by atoms with van der Waals surface area (Å²) in [4.78, 5) is 22.0. The summed E-state index contributed by atoms with van der Waals surface area (Å²) in [5, 5.41) is 2.70. The van der Waals surface area contributed by atoms with Gasteiger partial charge in [-0.3, -0.25) is 9.59 Å². The lowest BCUT2D eigenvalue weighted by Crippen LogP contribution is -2.33. The van der Waals surface area contributed by atoms with Gasteiger partial charge in [0.1, 0.15) is 5.78 Å². The van der Waals surface area contributed by atoms with Gasteiger partial charge in [-0.05, 0) is 6.42 Å². The maximum atomic E-state index is 11.1. The van der Waals surface area contributed by atoms with Crippen molar-refractivity contribution in [1.29, 1.82) is 0 Å². The van der Waals surface area contributed by atoms with Crippen LogP contribution >= 0.6 is 0 Å². The van der Waals surface area contributed by atoms with Gasteiger partial charge in [-0.1, -0.05) is 6.92 Å². The van der Waals surface area contributed by atoms with Gasteiger partial charge in [0.2, 0.25) is 5.91 Å². The minimum absolute atomic E-state index is 0.000694. The normalized spacial score (nSPS) is 27.2. The molecule has 1 amide bonds. The highest BCUT2D eigenvalue weighted by Crippen LogP contribution is 2.07. The van der Waals surface area contributed by atoms with Gasteiger partial charge in [0, 0.05) is 25.3 Å². The average Bonchev–Trinajstić information content (AvgIpc) is 1.98. The van der Waals surface area contributed by atoms with Gasteiger partial charge in [0.15, 0.2) is 0 Å². The number of hydrogen-bond acceptors (Lipinski definition) is 2. The molecule has 11 heavy (non-hydrogen) atoms. The van der Waals surface area contributed by atoms with E-state index in [9.17, 15) is 9.59 Å². The van der Waals surface area contributed by atoms with E-state index in [4.69, 9.17) is 0 Å². The van der Waals surface area contributed by atoms with Crippen LogP contribution in [0.3, 0.4) is 0 Å². The first kappa shape index (κ1) is 8.24. The van der Waals surface area contributed by atoms with E-state index >= 15 is 0 Å². The maximum Gasteiger partial charge on any atom is 0.220 e. The molecule has 62 valence electrons. The van der Waals surface area contributed by atoms with Crippen LogP contribution in [0.4, 0.5) is 0 Å². The van der Waals surface area contributed by atoms with Gasteiger partial charge in [0.25, 0.3) is 0 Å². The van der Waals surface area contributed by atoms with E-state index in [1.165, 1.54) is 0 Å². The van der Waals surface area contributed by atoms with Crippen molar-refractivity contribution in [2.75, 3.05) is 6.54 Å². The summed E-state index contributed by atoms with van der Waals surface area (Å²) in [7, 11) is 0. The number of nitrogens with one attached hydrogen (secondary N) is 1. The van der Waals surface area contributed by atoms with E-state index in [0.717, 1.165) is 0 Å². The Morgan fingerprint density at radius 1 is 1.36 bits per heavy atom. The van der Waals surface area contributed by atoms with Crippen molar-refractivity contribution in [2.24, 2.45) is 5.92 Å². The fourth-order valence-electron chi connectivity index (χ4n) is 1.14. The van der Waals surface area contributed by atoms with Crippen LogP contribution in [0.25, 0.3) is 0 Å². The molecule has 3 heteroatoms. The van der Waals surface area contributed by atoms with Crippen molar-refractivity contribution in [2.45, 2.75) is 26.2 Å². The summed E-state index contributed by atoms with van der Waals surface area (Å²) in [6, 6.07) is 0. The lowest BCUT2D eigenvalue weighted by Gasteiger charge is -2.14. The van der Waals surface area contributed by atoms with Gasteiger partial charge in [-0.2, -0.15) is 0 Å². The molecule has 1 heterocycles. The average molecular weight is 155 g/mol. The molecule has 0 bridgehead atoms. The van der Waals surface area contributed by atoms with Crippen LogP contribution in [0.5, 0.6) is 0 Å². The number of Topliss-reactive ketones (excluding diaryl/α,β-unsaturated/α-hetero) is 1. The van der Waals surface area contributed by atoms with Crippen molar-refractivity contribution in [3.63, 3.8) is 0 Å². The smallest absolute Gasteiger partial charge is 0.220 e. The molecule has 1 N–H and O–H groups in total. The van der Waals surface area contributed by atoms with Gasteiger partial charge in [0.05, 0.1) is 0 Å². The van der Waals surface area contributed by atoms with Crippen LogP contribution in [-0.2, 0) is 9.59 Å². The number of carbonyl (C=O) groups excluding carboxylic acids is 2. The van der Waals surface area contributed by atoms with Crippen LogP contribution in [-0.4, -0.2) is 18.2 Å². The summed E-state index contributed by atoms with van der Waals surface area (Å²) >= 11 is 0. The predicted molar refractivity (Wildman–Crippen MR) is 41.0 cm³/mol. The van der Waals surface area contributed by atoms with Gasteiger partial charge < -0.3 is 5.32 Å². The first-order valence-electron chi connectivity index (χ1n) is 3.99. The van der Waals surface area contributed by atoms with Crippen LogP contribution < -0.4 is 5.32 Å². The molecule has 1 atom stereocenters. The highest BCUT2D eigenvalue weighted by molar-refractivity contribution is 5.84. The molecule has 0 aromatic carbocycles. The first-order valence-corrected chi connectivity index (χ1v) is 3.99. The van der Waals surface area contributed by atoms with Crippen molar-refractivity contribution in [1.82, 2.24) is 5.32 Å². The van der Waals surface area contributed by atoms with E-state index in [0.29, 0.717) is 25.8 Å². The molecule has 0 saturated carbocycles. The summed E-state index contributed by atoms with van der Waals surface area (Å²) in [6.07, 6.45) is 1.77. The maximum absolute atomic E-state index is 11.1. The SMILES string of the molecule is CC1CNC(=O)CCCC1=O. The van der Waals surface area contributed by atoms with E-state index < -0.39 is 0 Å². The Morgan fingerprint density at radius 3 is 2.82 bits per heavy atom. The molecule has 1 rings (SSSR count). The molecule has 1 aliphatic rings. The Bertz CT molecular complexity index is 177. The number of hydrogen-bond donors (Lipinski definition) is 1. The highest BCUT2D eigenvalue weighted by Gasteiger charge is 2.16. The van der Waals surface area contributed by atoms with E-state index in [1.54, 1.807) is 0 Å². The second kappa shape index (κ2) is 3.51. The van der Waals surface area contributed by atoms with Crippen molar-refractivity contribution >= 4 is 11.7 Å². The van der Waals surface area contributed by atoms with Gasteiger partial charge in [-0.25, -0.2) is 0 Å². The van der Waals surface area contributed by atoms with Crippen LogP contribution in [0.1, 0.15) is 26.2 Å². The fraction of sp³-hybridized carbons (Fsp3) is 0.750. The molecule has 1 fully saturated rings. The molecule has 1 aliphatic heterocycles. The molecule has 0 aromatic heterocycles. The van der Waals surface area contributed by atoms with Crippen LogP contribution in [0.15, 0.2) is 0 Å². The van der Waals surface area contributed by atoms with E-state index in [2.05, 4.69) is 5.32 Å². The molecule has 0 radical (unpaired) electrons. The Hall–Kier alpha value is -0.860. The Labute approximate surface area is 66.2 Å².